The van der Waals surface area contributed by atoms with Crippen molar-refractivity contribution in [3.8, 4) is 0 Å². The second kappa shape index (κ2) is 10.2. The topological polar surface area (TPSA) is 20.3 Å². The Labute approximate surface area is 204 Å². The molecule has 1 aliphatic carbocycles. The number of benzene rings is 4. The van der Waals surface area contributed by atoms with Crippen LogP contribution >= 0.6 is 15.9 Å². The van der Waals surface area contributed by atoms with E-state index in [4.69, 9.17) is 0 Å². The summed E-state index contributed by atoms with van der Waals surface area (Å²) >= 11 is 3.50. The monoisotopic (exact) mass is 499 g/mol. The van der Waals surface area contributed by atoms with Gasteiger partial charge in [0.05, 0.1) is 0 Å². The summed E-state index contributed by atoms with van der Waals surface area (Å²) in [6, 6.07) is 28.9. The Kier molecular flexibility index (Phi) is 6.89. The summed E-state index contributed by atoms with van der Waals surface area (Å²) in [5, 5.41) is 4.82. The minimum atomic E-state index is 0.179. The average molecular weight is 500 g/mol. The van der Waals surface area contributed by atoms with Crippen LogP contribution in [0.1, 0.15) is 36.0 Å². The molecule has 1 aliphatic heterocycles. The largest absolute Gasteiger partial charge is 0.302 e. The summed E-state index contributed by atoms with van der Waals surface area (Å²) in [6.07, 6.45) is 4.98. The number of hydrogen-bond acceptors (Lipinski definition) is 2. The van der Waals surface area contributed by atoms with E-state index in [0.29, 0.717) is 5.78 Å². The van der Waals surface area contributed by atoms with Gasteiger partial charge in [-0.1, -0.05) is 94.8 Å². The summed E-state index contributed by atoms with van der Waals surface area (Å²) in [5.41, 5.74) is 0.913. The van der Waals surface area contributed by atoms with Gasteiger partial charge in [-0.2, -0.15) is 0 Å². The van der Waals surface area contributed by atoms with Gasteiger partial charge in [-0.3, -0.25) is 4.79 Å². The fraction of sp³-hybridized carbons (Fsp3) is 0.300. The number of likely N-dealkylation sites (tertiary alicyclic amines) is 1. The Morgan fingerprint density at radius 3 is 2.15 bits per heavy atom. The first kappa shape index (κ1) is 22.3. The van der Waals surface area contributed by atoms with Gasteiger partial charge in [-0.25, -0.2) is 0 Å². The quantitative estimate of drug-likeness (QED) is 0.267. The van der Waals surface area contributed by atoms with Gasteiger partial charge in [0.2, 0.25) is 0 Å². The molecule has 4 aromatic carbocycles. The summed E-state index contributed by atoms with van der Waals surface area (Å²) in [6.45, 7) is 3.34. The van der Waals surface area contributed by atoms with Crippen molar-refractivity contribution in [2.45, 2.75) is 25.7 Å². The molecular formula is C30H30BrNO. The van der Waals surface area contributed by atoms with Crippen LogP contribution in [-0.2, 0) is 0 Å². The number of piperidine rings is 1. The van der Waals surface area contributed by atoms with Gasteiger partial charge in [0.15, 0.2) is 5.78 Å². The fourth-order valence-electron chi connectivity index (χ4n) is 4.95. The van der Waals surface area contributed by atoms with Gasteiger partial charge in [-0.15, -0.1) is 0 Å². The number of rotatable bonds is 4. The van der Waals surface area contributed by atoms with Crippen LogP contribution < -0.4 is 0 Å². The van der Waals surface area contributed by atoms with E-state index < -0.39 is 0 Å². The summed E-state index contributed by atoms with van der Waals surface area (Å²) in [7, 11) is 0. The molecule has 33 heavy (non-hydrogen) atoms. The number of ketones is 1. The lowest BCUT2D eigenvalue weighted by Crippen LogP contribution is -2.39. The maximum Gasteiger partial charge on any atom is 0.167 e. The van der Waals surface area contributed by atoms with E-state index in [2.05, 4.69) is 69.4 Å². The maximum atomic E-state index is 13.0. The molecule has 0 N–H and O–H groups in total. The SMILES string of the molecule is Brc1cccc2ccccc12.O=C(c1cccc2ccccc12)C1CCCN(CC2CC2)C1. The van der Waals surface area contributed by atoms with Gasteiger partial charge in [0.1, 0.15) is 0 Å². The number of hydrogen-bond donors (Lipinski definition) is 0. The van der Waals surface area contributed by atoms with Crippen molar-refractivity contribution in [3.05, 3.63) is 95.0 Å². The van der Waals surface area contributed by atoms with Crippen molar-refractivity contribution in [1.82, 2.24) is 4.90 Å². The third-order valence-electron chi connectivity index (χ3n) is 6.88. The molecule has 1 atom stereocenters. The lowest BCUT2D eigenvalue weighted by Gasteiger charge is -2.32. The van der Waals surface area contributed by atoms with Gasteiger partial charge in [0, 0.05) is 29.0 Å². The number of halogens is 1. The van der Waals surface area contributed by atoms with Crippen LogP contribution in [0.2, 0.25) is 0 Å². The van der Waals surface area contributed by atoms with E-state index in [9.17, 15) is 4.79 Å². The molecular weight excluding hydrogens is 470 g/mol. The number of nitrogens with zero attached hydrogens (tertiary/aromatic N) is 1. The Morgan fingerprint density at radius 2 is 1.42 bits per heavy atom. The molecule has 0 spiro atoms. The van der Waals surface area contributed by atoms with E-state index >= 15 is 0 Å². The highest BCUT2D eigenvalue weighted by Crippen LogP contribution is 2.32. The van der Waals surface area contributed by atoms with Crippen molar-refractivity contribution in [2.75, 3.05) is 19.6 Å². The molecule has 0 amide bonds. The molecule has 2 nitrogen and oxygen atoms in total. The van der Waals surface area contributed by atoms with Crippen molar-refractivity contribution in [1.29, 1.82) is 0 Å². The second-order valence-electron chi connectivity index (χ2n) is 9.39. The minimum absolute atomic E-state index is 0.179. The van der Waals surface area contributed by atoms with E-state index in [1.165, 1.54) is 42.1 Å². The molecule has 2 fully saturated rings. The summed E-state index contributed by atoms with van der Waals surface area (Å²) in [5.74, 6) is 1.43. The predicted octanol–water partition coefficient (Wildman–Crippen LogP) is 7.75. The first-order valence-corrected chi connectivity index (χ1v) is 12.9. The Morgan fingerprint density at radius 1 is 0.788 bits per heavy atom. The van der Waals surface area contributed by atoms with Crippen LogP contribution in [-0.4, -0.2) is 30.3 Å². The van der Waals surface area contributed by atoms with Crippen LogP contribution in [0, 0.1) is 11.8 Å². The average Bonchev–Trinajstić information content (AvgIpc) is 3.68. The molecule has 2 aliphatic rings. The second-order valence-corrected chi connectivity index (χ2v) is 10.2. The van der Waals surface area contributed by atoms with E-state index in [1.807, 2.05) is 36.4 Å². The zero-order valence-corrected chi connectivity index (χ0v) is 20.5. The Bertz CT molecular complexity index is 1250. The standard InChI is InChI=1S/C20H23NO.C10H7Br/c22-20(17-7-4-12-21(14-17)13-15-10-11-15)19-9-3-6-16-5-1-2-8-18(16)19;11-10-7-3-5-8-4-1-2-6-9(8)10/h1-3,5-6,8-9,15,17H,4,7,10-14H2;1-7H. The van der Waals surface area contributed by atoms with Crippen LogP contribution in [0.5, 0.6) is 0 Å². The molecule has 0 aromatic heterocycles. The van der Waals surface area contributed by atoms with Gasteiger partial charge < -0.3 is 4.90 Å². The first-order valence-electron chi connectivity index (χ1n) is 12.1. The molecule has 168 valence electrons. The molecule has 1 unspecified atom stereocenters. The number of fused-ring (bicyclic) bond motifs is 2. The number of Topliss-reactive ketones (excluding diaryl/α,β-unsaturated/α-hetero) is 1. The lowest BCUT2D eigenvalue weighted by molar-refractivity contribution is 0.0816. The maximum absolute atomic E-state index is 13.0. The van der Waals surface area contributed by atoms with Gasteiger partial charge in [0.25, 0.3) is 0 Å². The third-order valence-corrected chi connectivity index (χ3v) is 7.57. The van der Waals surface area contributed by atoms with Crippen LogP contribution in [0.3, 0.4) is 0 Å². The zero-order chi connectivity index (χ0) is 22.6. The highest BCUT2D eigenvalue weighted by Gasteiger charge is 2.31. The van der Waals surface area contributed by atoms with Crippen molar-refractivity contribution < 1.29 is 4.79 Å². The molecule has 6 rings (SSSR count). The highest BCUT2D eigenvalue weighted by atomic mass is 79.9. The van der Waals surface area contributed by atoms with E-state index in [1.54, 1.807) is 0 Å². The molecule has 0 radical (unpaired) electrons. The number of carbonyl (C=O) groups excluding carboxylic acids is 1. The normalized spacial score (nSPS) is 18.6. The molecule has 1 saturated heterocycles. The van der Waals surface area contributed by atoms with Crippen LogP contribution in [0.25, 0.3) is 21.5 Å². The minimum Gasteiger partial charge on any atom is -0.302 e. The molecule has 1 heterocycles. The van der Waals surface area contributed by atoms with Crippen LogP contribution in [0.4, 0.5) is 0 Å². The van der Waals surface area contributed by atoms with Crippen molar-refractivity contribution >= 4 is 43.3 Å². The predicted molar refractivity (Wildman–Crippen MR) is 142 cm³/mol. The first-order chi connectivity index (χ1) is 16.2. The Balaban J connectivity index is 0.000000174. The van der Waals surface area contributed by atoms with E-state index in [0.717, 1.165) is 40.7 Å². The van der Waals surface area contributed by atoms with Crippen LogP contribution in [0.15, 0.2) is 89.4 Å². The van der Waals surface area contributed by atoms with Crippen molar-refractivity contribution in [3.63, 3.8) is 0 Å². The summed E-state index contributed by atoms with van der Waals surface area (Å²) in [4.78, 5) is 15.6. The highest BCUT2D eigenvalue weighted by molar-refractivity contribution is 9.10. The van der Waals surface area contributed by atoms with E-state index in [-0.39, 0.29) is 5.92 Å². The Hall–Kier alpha value is -2.49. The molecule has 3 heteroatoms. The molecule has 1 saturated carbocycles. The zero-order valence-electron chi connectivity index (χ0n) is 18.9. The van der Waals surface area contributed by atoms with Gasteiger partial charge in [-0.05, 0) is 65.8 Å². The lowest BCUT2D eigenvalue weighted by atomic mass is 9.88. The number of carbonyl (C=O) groups is 1. The fourth-order valence-corrected chi connectivity index (χ4v) is 5.46. The summed E-state index contributed by atoms with van der Waals surface area (Å²) < 4.78 is 1.16. The smallest absolute Gasteiger partial charge is 0.167 e. The van der Waals surface area contributed by atoms with Crippen molar-refractivity contribution in [2.24, 2.45) is 11.8 Å². The van der Waals surface area contributed by atoms with Gasteiger partial charge >= 0.3 is 0 Å². The molecule has 4 aromatic rings. The third kappa shape index (κ3) is 5.37. The molecule has 0 bridgehead atoms.